The van der Waals surface area contributed by atoms with Crippen molar-refractivity contribution in [2.75, 3.05) is 52.9 Å². The first-order valence-corrected chi connectivity index (χ1v) is 30.6. The van der Waals surface area contributed by atoms with Gasteiger partial charge in [0.05, 0.1) is 60.0 Å². The van der Waals surface area contributed by atoms with Gasteiger partial charge in [0.2, 0.25) is 0 Å². The minimum absolute atomic E-state index is 0.400. The molecule has 418 valence electrons. The number of rotatable bonds is 26. The van der Waals surface area contributed by atoms with Crippen LogP contribution in [0.1, 0.15) is 11.1 Å². The lowest BCUT2D eigenvalue weighted by Gasteiger charge is -2.24. The van der Waals surface area contributed by atoms with Crippen LogP contribution >= 0.6 is 45.2 Å². The lowest BCUT2D eigenvalue weighted by molar-refractivity contribution is 0.0300. The van der Waals surface area contributed by atoms with Gasteiger partial charge in [-0.1, -0.05) is 243 Å². The first kappa shape index (κ1) is 58.1. The SMILES string of the molecule is Ic1cc(OCCOCCOCc2cc(-c3ccccc3)c(-c3ccccc3)c(-c3ccccc3)c2-c2ccccc2)c(I)cc1OCCOCCOCc1cc(-c2ccccc2)c(-c2ccccc2)c(-c2ccccc2)c1-c1ccccc1. The first-order valence-electron chi connectivity index (χ1n) is 28.5. The predicted molar refractivity (Wildman–Crippen MR) is 360 cm³/mol. The maximum absolute atomic E-state index is 6.47. The third-order valence-electron chi connectivity index (χ3n) is 14.6. The second-order valence-corrected chi connectivity index (χ2v) is 22.4. The molecule has 0 spiro atoms. The zero-order chi connectivity index (χ0) is 57.1. The second-order valence-electron chi connectivity index (χ2n) is 20.1. The van der Waals surface area contributed by atoms with Crippen LogP contribution < -0.4 is 9.47 Å². The van der Waals surface area contributed by atoms with Crippen LogP contribution in [0.4, 0.5) is 0 Å². The number of halogens is 2. The Morgan fingerprint density at radius 1 is 0.226 bits per heavy atom. The molecule has 0 atom stereocenters. The molecule has 0 radical (unpaired) electrons. The summed E-state index contributed by atoms with van der Waals surface area (Å²) in [5.74, 6) is 1.57. The van der Waals surface area contributed by atoms with Crippen LogP contribution in [0.15, 0.2) is 267 Å². The number of hydrogen-bond acceptors (Lipinski definition) is 6. The molecule has 6 nitrogen and oxygen atoms in total. The molecule has 0 aliphatic rings. The van der Waals surface area contributed by atoms with Crippen molar-refractivity contribution >= 4 is 45.2 Å². The fraction of sp³-hybridized carbons (Fsp3) is 0.132. The fourth-order valence-electron chi connectivity index (χ4n) is 10.8. The van der Waals surface area contributed by atoms with Crippen LogP contribution in [0, 0.1) is 7.14 Å². The normalized spacial score (nSPS) is 11.2. The molecule has 11 aromatic carbocycles. The molecule has 0 aromatic heterocycles. The van der Waals surface area contributed by atoms with Crippen molar-refractivity contribution < 1.29 is 28.4 Å². The van der Waals surface area contributed by atoms with Gasteiger partial charge < -0.3 is 28.4 Å². The summed E-state index contributed by atoms with van der Waals surface area (Å²) in [4.78, 5) is 0. The molecule has 11 aromatic rings. The molecule has 8 heteroatoms. The second kappa shape index (κ2) is 29.7. The highest BCUT2D eigenvalue weighted by Crippen LogP contribution is 2.49. The van der Waals surface area contributed by atoms with Gasteiger partial charge in [0.15, 0.2) is 0 Å². The molecule has 0 N–H and O–H groups in total. The molecule has 11 rings (SSSR count). The van der Waals surface area contributed by atoms with Crippen molar-refractivity contribution in [3.05, 3.63) is 285 Å². The van der Waals surface area contributed by atoms with E-state index >= 15 is 0 Å². The summed E-state index contributed by atoms with van der Waals surface area (Å²) < 4.78 is 39.5. The summed E-state index contributed by atoms with van der Waals surface area (Å²) in [6.07, 6.45) is 0. The molecule has 0 bridgehead atoms. The van der Waals surface area contributed by atoms with Crippen LogP contribution in [0.3, 0.4) is 0 Å². The van der Waals surface area contributed by atoms with E-state index in [4.69, 9.17) is 28.4 Å². The molecule has 0 aliphatic heterocycles. The third kappa shape index (κ3) is 14.4. The third-order valence-corrected chi connectivity index (χ3v) is 16.3. The lowest BCUT2D eigenvalue weighted by Crippen LogP contribution is -2.12. The van der Waals surface area contributed by atoms with E-state index in [1.54, 1.807) is 0 Å². The minimum atomic E-state index is 0.400. The standard InChI is InChI=1S/C76H64I2O6/c77-67-52-70(84-48-46-80-42-44-82-54-64-50-66(56-27-11-2-12-28-56)74(60-35-19-6-20-36-60)76(62-39-23-8-24-40-62)72(64)58-31-15-4-16-32-58)68(78)51-69(67)83-47-45-79-41-43-81-53-63-49-65(55-25-9-1-10-26-55)73(59-33-17-5-18-34-59)75(61-37-21-7-22-38-61)71(63)57-29-13-3-14-30-57/h1-40,49-52H,41-48,53-54H2. The zero-order valence-corrected chi connectivity index (χ0v) is 51.0. The monoisotopic (exact) mass is 1330 g/mol. The Kier molecular flexibility index (Phi) is 20.6. The summed E-state index contributed by atoms with van der Waals surface area (Å²) in [5, 5.41) is 0. The molecule has 0 heterocycles. The number of hydrogen-bond donors (Lipinski definition) is 0. The average Bonchev–Trinajstić information content (AvgIpc) is 2.30. The van der Waals surface area contributed by atoms with Gasteiger partial charge in [-0.2, -0.15) is 0 Å². The fourth-order valence-corrected chi connectivity index (χ4v) is 12.0. The summed E-state index contributed by atoms with van der Waals surface area (Å²) in [6.45, 7) is 4.20. The highest BCUT2D eigenvalue weighted by atomic mass is 127. The number of benzene rings is 11. The Labute approximate surface area is 521 Å². The van der Waals surface area contributed by atoms with E-state index in [2.05, 4.69) is 300 Å². The maximum atomic E-state index is 6.47. The zero-order valence-electron chi connectivity index (χ0n) is 46.7. The average molecular weight is 1330 g/mol. The van der Waals surface area contributed by atoms with Gasteiger partial charge in [-0.25, -0.2) is 0 Å². The van der Waals surface area contributed by atoms with Crippen LogP contribution in [0.25, 0.3) is 89.0 Å². The van der Waals surface area contributed by atoms with Crippen molar-refractivity contribution in [1.82, 2.24) is 0 Å². The van der Waals surface area contributed by atoms with Crippen LogP contribution in [0.5, 0.6) is 11.5 Å². The molecular weight excluding hydrogens is 1260 g/mol. The Morgan fingerprint density at radius 3 is 0.762 bits per heavy atom. The highest BCUT2D eigenvalue weighted by Gasteiger charge is 2.25. The van der Waals surface area contributed by atoms with E-state index in [1.165, 1.54) is 22.3 Å². The molecule has 0 saturated heterocycles. The molecule has 0 saturated carbocycles. The van der Waals surface area contributed by atoms with E-state index in [0.717, 1.165) is 96.5 Å². The molecule has 0 aliphatic carbocycles. The first-order chi connectivity index (χ1) is 41.6. The summed E-state index contributed by atoms with van der Waals surface area (Å²) >= 11 is 4.61. The van der Waals surface area contributed by atoms with Crippen LogP contribution in [0.2, 0.25) is 0 Å². The van der Waals surface area contributed by atoms with E-state index in [9.17, 15) is 0 Å². The molecule has 0 amide bonds. The van der Waals surface area contributed by atoms with Gasteiger partial charge in [0.25, 0.3) is 0 Å². The molecule has 0 fully saturated rings. The van der Waals surface area contributed by atoms with Gasteiger partial charge in [0, 0.05) is 0 Å². The minimum Gasteiger partial charge on any atom is -0.490 e. The largest absolute Gasteiger partial charge is 0.490 e. The van der Waals surface area contributed by atoms with Crippen molar-refractivity contribution in [2.45, 2.75) is 13.2 Å². The van der Waals surface area contributed by atoms with E-state index < -0.39 is 0 Å². The topological polar surface area (TPSA) is 55.4 Å². The Bertz CT molecular complexity index is 3580. The van der Waals surface area contributed by atoms with Crippen molar-refractivity contribution in [3.8, 4) is 101 Å². The smallest absolute Gasteiger partial charge is 0.134 e. The lowest BCUT2D eigenvalue weighted by atomic mass is 9.80. The van der Waals surface area contributed by atoms with E-state index in [1.807, 2.05) is 12.1 Å². The molecule has 0 unspecified atom stereocenters. The van der Waals surface area contributed by atoms with Crippen molar-refractivity contribution in [3.63, 3.8) is 0 Å². The van der Waals surface area contributed by atoms with Gasteiger partial charge >= 0.3 is 0 Å². The van der Waals surface area contributed by atoms with Gasteiger partial charge in [-0.3, -0.25) is 0 Å². The summed E-state index contributed by atoms with van der Waals surface area (Å²) in [7, 11) is 0. The quantitative estimate of drug-likeness (QED) is 0.0398. The summed E-state index contributed by atoms with van der Waals surface area (Å²) in [5.41, 5.74) is 20.9. The number of ether oxygens (including phenoxy) is 6. The van der Waals surface area contributed by atoms with E-state index in [0.29, 0.717) is 66.1 Å². The van der Waals surface area contributed by atoms with Crippen molar-refractivity contribution in [2.24, 2.45) is 0 Å². The van der Waals surface area contributed by atoms with Crippen LogP contribution in [-0.2, 0) is 32.2 Å². The Balaban J connectivity index is 0.676. The maximum Gasteiger partial charge on any atom is 0.134 e. The Hall–Kier alpha value is -7.68. The van der Waals surface area contributed by atoms with Gasteiger partial charge in [-0.15, -0.1) is 0 Å². The molecular formula is C76H64I2O6. The van der Waals surface area contributed by atoms with E-state index in [-0.39, 0.29) is 0 Å². The van der Waals surface area contributed by atoms with Crippen molar-refractivity contribution in [1.29, 1.82) is 0 Å². The molecule has 84 heavy (non-hydrogen) atoms. The predicted octanol–water partition coefficient (Wildman–Crippen LogP) is 19.5. The Morgan fingerprint density at radius 2 is 0.464 bits per heavy atom. The highest BCUT2D eigenvalue weighted by molar-refractivity contribution is 14.1. The van der Waals surface area contributed by atoms with Crippen LogP contribution in [-0.4, -0.2) is 52.9 Å². The summed E-state index contributed by atoms with van der Waals surface area (Å²) in [6, 6.07) is 94.2. The van der Waals surface area contributed by atoms with Gasteiger partial charge in [-0.05, 0) is 170 Å². The van der Waals surface area contributed by atoms with Gasteiger partial charge in [0.1, 0.15) is 24.7 Å².